The number of carbonyl (C=O) groups excluding carboxylic acids is 2. The van der Waals surface area contributed by atoms with E-state index >= 15 is 0 Å². The number of fused-ring (bicyclic) bond motifs is 1. The minimum absolute atomic E-state index is 0.165. The van der Waals surface area contributed by atoms with Crippen LogP contribution in [-0.4, -0.2) is 95.4 Å². The minimum atomic E-state index is -2.42. The molecule has 1 heterocycles. The van der Waals surface area contributed by atoms with Crippen molar-refractivity contribution < 1.29 is 45.0 Å². The van der Waals surface area contributed by atoms with Gasteiger partial charge in [-0.2, -0.15) is 0 Å². The van der Waals surface area contributed by atoms with E-state index in [4.69, 9.17) is 5.11 Å². The maximum atomic E-state index is 13.1. The van der Waals surface area contributed by atoms with Gasteiger partial charge in [0, 0.05) is 29.9 Å². The van der Waals surface area contributed by atoms with Crippen LogP contribution in [0, 0.1) is 0 Å². The highest BCUT2D eigenvalue weighted by molar-refractivity contribution is 6.01. The van der Waals surface area contributed by atoms with Crippen LogP contribution in [0.4, 0.5) is 0 Å². The summed E-state index contributed by atoms with van der Waals surface area (Å²) in [5.41, 5.74) is 1.25. The second kappa shape index (κ2) is 12.6. The molecule has 2 rings (SSSR count). The number of hydrogen-bond acceptors (Lipinski definition) is 8. The lowest BCUT2D eigenvalue weighted by atomic mass is 9.99. The number of benzene rings is 1. The molecule has 0 radical (unpaired) electrons. The number of aliphatic hydroxyl groups is 5. The van der Waals surface area contributed by atoms with Crippen LogP contribution in [0.1, 0.15) is 38.2 Å². The van der Waals surface area contributed by atoms with Crippen molar-refractivity contribution in [2.45, 2.75) is 69.5 Å². The van der Waals surface area contributed by atoms with Crippen LogP contribution in [0.15, 0.2) is 30.5 Å². The standard InChI is InChI=1S/C23H32N2O9/c1-2-3-4-9-18(28)25(22(32)21(31)20(30)19(29)17(27)12-26)16(23(33)34)10-13-11-24-15-8-6-5-7-14(13)15/h5-8,11,16-17,19-21,24,26-27,29-31H,2-4,9-10,12H2,1H3,(H,33,34)/t16-,17+,19+,20-,21+/m0/s1. The first-order valence-electron chi connectivity index (χ1n) is 11.1. The fourth-order valence-electron chi connectivity index (χ4n) is 3.71. The summed E-state index contributed by atoms with van der Waals surface area (Å²) in [7, 11) is 0. The van der Waals surface area contributed by atoms with Gasteiger partial charge in [-0.3, -0.25) is 14.5 Å². The van der Waals surface area contributed by atoms with E-state index in [0.29, 0.717) is 28.7 Å². The molecule has 2 amide bonds. The van der Waals surface area contributed by atoms with E-state index in [1.165, 1.54) is 0 Å². The predicted molar refractivity (Wildman–Crippen MR) is 121 cm³/mol. The molecule has 5 atom stereocenters. The molecule has 11 nitrogen and oxygen atoms in total. The van der Waals surface area contributed by atoms with Crippen LogP contribution in [-0.2, 0) is 20.8 Å². The summed E-state index contributed by atoms with van der Waals surface area (Å²) in [6, 6.07) is 5.36. The first-order valence-corrected chi connectivity index (χ1v) is 11.1. The number of unbranched alkanes of at least 4 members (excludes halogenated alkanes) is 2. The highest BCUT2D eigenvalue weighted by Crippen LogP contribution is 2.22. The smallest absolute Gasteiger partial charge is 0.327 e. The number of H-pyrrole nitrogens is 1. The van der Waals surface area contributed by atoms with Crippen LogP contribution in [0.3, 0.4) is 0 Å². The molecule has 0 spiro atoms. The molecule has 0 unspecified atom stereocenters. The number of aromatic amines is 1. The Morgan fingerprint density at radius 1 is 1.03 bits per heavy atom. The SMILES string of the molecule is CCCCCC(=O)N(C(=O)[C@H](O)[C@@H](O)[C@H](O)[C@H](O)CO)[C@@H](Cc1c[nH]c2ccccc12)C(=O)O. The number of para-hydroxylation sites is 1. The summed E-state index contributed by atoms with van der Waals surface area (Å²) in [6.45, 7) is 0.940. The van der Waals surface area contributed by atoms with E-state index in [0.717, 1.165) is 11.9 Å². The van der Waals surface area contributed by atoms with Gasteiger partial charge >= 0.3 is 5.97 Å². The van der Waals surface area contributed by atoms with Crippen LogP contribution in [0.5, 0.6) is 0 Å². The highest BCUT2D eigenvalue weighted by Gasteiger charge is 2.42. The van der Waals surface area contributed by atoms with Crippen molar-refractivity contribution in [3.8, 4) is 0 Å². The van der Waals surface area contributed by atoms with Crippen LogP contribution in [0.25, 0.3) is 10.9 Å². The third-order valence-electron chi connectivity index (χ3n) is 5.69. The number of rotatable bonds is 13. The van der Waals surface area contributed by atoms with E-state index in [1.54, 1.807) is 30.5 Å². The number of aromatic nitrogens is 1. The number of nitrogens with zero attached hydrogens (tertiary/aromatic N) is 1. The number of aliphatic hydroxyl groups excluding tert-OH is 5. The van der Waals surface area contributed by atoms with Crippen molar-refractivity contribution in [3.63, 3.8) is 0 Å². The highest BCUT2D eigenvalue weighted by atomic mass is 16.4. The molecule has 34 heavy (non-hydrogen) atoms. The number of amides is 2. The Labute approximate surface area is 196 Å². The van der Waals surface area contributed by atoms with Gasteiger partial charge in [0.2, 0.25) is 5.91 Å². The first-order chi connectivity index (χ1) is 16.1. The number of carbonyl (C=O) groups is 3. The number of aliphatic carboxylic acids is 1. The summed E-state index contributed by atoms with van der Waals surface area (Å²) >= 11 is 0. The van der Waals surface area contributed by atoms with Gasteiger partial charge in [0.1, 0.15) is 24.4 Å². The average molecular weight is 481 g/mol. The number of nitrogens with one attached hydrogen (secondary N) is 1. The molecule has 0 bridgehead atoms. The molecule has 1 aromatic carbocycles. The summed E-state index contributed by atoms with van der Waals surface area (Å²) < 4.78 is 0. The Balaban J connectivity index is 2.40. The van der Waals surface area contributed by atoms with Gasteiger partial charge in [-0.05, 0) is 18.1 Å². The zero-order valence-corrected chi connectivity index (χ0v) is 18.9. The largest absolute Gasteiger partial charge is 0.480 e. The van der Waals surface area contributed by atoms with Crippen molar-refractivity contribution in [1.82, 2.24) is 9.88 Å². The van der Waals surface area contributed by atoms with Gasteiger partial charge in [-0.15, -0.1) is 0 Å². The molecule has 7 N–H and O–H groups in total. The van der Waals surface area contributed by atoms with Crippen LogP contribution < -0.4 is 0 Å². The maximum Gasteiger partial charge on any atom is 0.327 e. The monoisotopic (exact) mass is 480 g/mol. The zero-order chi connectivity index (χ0) is 25.4. The summed E-state index contributed by atoms with van der Waals surface area (Å²) in [4.78, 5) is 41.7. The molecule has 0 fully saturated rings. The van der Waals surface area contributed by atoms with Gasteiger partial charge < -0.3 is 35.6 Å². The van der Waals surface area contributed by atoms with Crippen LogP contribution >= 0.6 is 0 Å². The molecule has 0 aliphatic heterocycles. The van der Waals surface area contributed by atoms with Gasteiger partial charge in [-0.25, -0.2) is 4.79 Å². The fourth-order valence-corrected chi connectivity index (χ4v) is 3.71. The third kappa shape index (κ3) is 6.39. The summed E-state index contributed by atoms with van der Waals surface area (Å²) in [5.74, 6) is -3.78. The molecule has 11 heteroatoms. The Hall–Kier alpha value is -2.83. The normalized spacial score (nSPS) is 15.9. The van der Waals surface area contributed by atoms with E-state index in [9.17, 15) is 39.9 Å². The lowest BCUT2D eigenvalue weighted by Crippen LogP contribution is -2.58. The van der Waals surface area contributed by atoms with E-state index < -0.39 is 54.8 Å². The number of carboxylic acids is 1. The molecular formula is C23H32N2O9. The molecule has 0 saturated carbocycles. The number of carboxylic acid groups (broad SMARTS) is 1. The van der Waals surface area contributed by atoms with Crippen LogP contribution in [0.2, 0.25) is 0 Å². The van der Waals surface area contributed by atoms with Crippen molar-refractivity contribution in [1.29, 1.82) is 0 Å². The zero-order valence-electron chi connectivity index (χ0n) is 18.9. The van der Waals surface area contributed by atoms with E-state index in [1.807, 2.05) is 6.92 Å². The van der Waals surface area contributed by atoms with Crippen molar-refractivity contribution in [2.75, 3.05) is 6.61 Å². The molecule has 188 valence electrons. The fraction of sp³-hybridized carbons (Fsp3) is 0.522. The van der Waals surface area contributed by atoms with E-state index in [-0.39, 0.29) is 12.8 Å². The number of hydrogen-bond donors (Lipinski definition) is 7. The summed E-state index contributed by atoms with van der Waals surface area (Å²) in [6.07, 6.45) is -5.74. The molecule has 0 aliphatic rings. The third-order valence-corrected chi connectivity index (χ3v) is 5.69. The van der Waals surface area contributed by atoms with Crippen molar-refractivity contribution in [2.24, 2.45) is 0 Å². The Kier molecular flexibility index (Phi) is 10.1. The lowest BCUT2D eigenvalue weighted by Gasteiger charge is -2.32. The van der Waals surface area contributed by atoms with E-state index in [2.05, 4.69) is 4.98 Å². The topological polar surface area (TPSA) is 192 Å². The quantitative estimate of drug-likeness (QED) is 0.186. The molecule has 1 aromatic heterocycles. The molecule has 0 aliphatic carbocycles. The minimum Gasteiger partial charge on any atom is -0.480 e. The second-order valence-corrected chi connectivity index (χ2v) is 8.15. The molecule has 2 aromatic rings. The Bertz CT molecular complexity index is 976. The first kappa shape index (κ1) is 27.4. The van der Waals surface area contributed by atoms with Crippen molar-refractivity contribution in [3.05, 3.63) is 36.0 Å². The van der Waals surface area contributed by atoms with Gasteiger partial charge in [0.05, 0.1) is 6.61 Å². The van der Waals surface area contributed by atoms with Gasteiger partial charge in [0.25, 0.3) is 5.91 Å². The predicted octanol–water partition coefficient (Wildman–Crippen LogP) is -0.465. The maximum absolute atomic E-state index is 13.1. The van der Waals surface area contributed by atoms with Gasteiger partial charge in [-0.1, -0.05) is 38.0 Å². The summed E-state index contributed by atoms with van der Waals surface area (Å²) in [5, 5.41) is 59.5. The average Bonchev–Trinajstić information content (AvgIpc) is 3.24. The molecule has 0 saturated heterocycles. The number of imide groups is 1. The molecular weight excluding hydrogens is 448 g/mol. The lowest BCUT2D eigenvalue weighted by molar-refractivity contribution is -0.170. The van der Waals surface area contributed by atoms with Gasteiger partial charge in [0.15, 0.2) is 6.10 Å². The second-order valence-electron chi connectivity index (χ2n) is 8.15. The Morgan fingerprint density at radius 3 is 2.32 bits per heavy atom. The Morgan fingerprint density at radius 2 is 1.71 bits per heavy atom. The van der Waals surface area contributed by atoms with Crippen molar-refractivity contribution >= 4 is 28.7 Å².